The van der Waals surface area contributed by atoms with E-state index in [0.717, 1.165) is 5.69 Å². The minimum absolute atomic E-state index is 0.151. The number of amides is 2. The average molecular weight is 442 g/mol. The maximum atomic E-state index is 12.8. The fourth-order valence-corrected chi connectivity index (χ4v) is 4.00. The van der Waals surface area contributed by atoms with Gasteiger partial charge in [0.05, 0.1) is 20.5 Å². The van der Waals surface area contributed by atoms with Crippen molar-refractivity contribution in [3.63, 3.8) is 0 Å². The summed E-state index contributed by atoms with van der Waals surface area (Å²) in [6.07, 6.45) is 1.48. The van der Waals surface area contributed by atoms with E-state index in [2.05, 4.69) is 10.3 Å². The molecule has 162 valence electrons. The normalized spacial score (nSPS) is 13.7. The summed E-state index contributed by atoms with van der Waals surface area (Å²) in [4.78, 5) is 33.0. The van der Waals surface area contributed by atoms with Gasteiger partial charge in [-0.1, -0.05) is 0 Å². The largest absolute Gasteiger partial charge is 0.493 e. The van der Waals surface area contributed by atoms with E-state index >= 15 is 0 Å². The summed E-state index contributed by atoms with van der Waals surface area (Å²) >= 11 is 1.35. The van der Waals surface area contributed by atoms with Crippen molar-refractivity contribution in [2.75, 3.05) is 45.7 Å². The van der Waals surface area contributed by atoms with Crippen LogP contribution in [0.15, 0.2) is 46.4 Å². The highest BCUT2D eigenvalue weighted by atomic mass is 32.1. The molecule has 3 aromatic rings. The van der Waals surface area contributed by atoms with Crippen LogP contribution >= 0.6 is 11.3 Å². The number of anilines is 2. The molecule has 1 aromatic carbocycles. The zero-order valence-electron chi connectivity index (χ0n) is 17.2. The SMILES string of the molecule is COc1ccc(Nc2nc(C(=O)N3CCN(C(=O)c4ccco4)CC3)cs2)cc1OC. The Morgan fingerprint density at radius 3 is 2.39 bits per heavy atom. The molecule has 0 radical (unpaired) electrons. The van der Waals surface area contributed by atoms with Crippen LogP contribution in [-0.2, 0) is 0 Å². The summed E-state index contributed by atoms with van der Waals surface area (Å²) < 4.78 is 15.7. The Balaban J connectivity index is 1.36. The molecule has 1 saturated heterocycles. The molecular weight excluding hydrogens is 420 g/mol. The van der Waals surface area contributed by atoms with Crippen LogP contribution in [0, 0.1) is 0 Å². The third-order valence-electron chi connectivity index (χ3n) is 4.94. The number of hydrogen-bond acceptors (Lipinski definition) is 8. The molecule has 1 fully saturated rings. The van der Waals surface area contributed by atoms with Crippen molar-refractivity contribution in [3.8, 4) is 11.5 Å². The number of methoxy groups -OCH3 is 2. The van der Waals surface area contributed by atoms with Gasteiger partial charge >= 0.3 is 0 Å². The highest BCUT2D eigenvalue weighted by Gasteiger charge is 2.27. The molecule has 10 heteroatoms. The van der Waals surface area contributed by atoms with Crippen LogP contribution in [0.1, 0.15) is 21.0 Å². The highest BCUT2D eigenvalue weighted by Crippen LogP contribution is 2.31. The molecule has 31 heavy (non-hydrogen) atoms. The van der Waals surface area contributed by atoms with Crippen LogP contribution in [0.25, 0.3) is 0 Å². The lowest BCUT2D eigenvalue weighted by Crippen LogP contribution is -2.50. The van der Waals surface area contributed by atoms with Crippen LogP contribution in [0.2, 0.25) is 0 Å². The monoisotopic (exact) mass is 442 g/mol. The van der Waals surface area contributed by atoms with Crippen LogP contribution in [0.5, 0.6) is 11.5 Å². The molecule has 1 N–H and O–H groups in total. The molecule has 0 aliphatic carbocycles. The van der Waals surface area contributed by atoms with E-state index in [1.165, 1.54) is 17.6 Å². The van der Waals surface area contributed by atoms with Gasteiger partial charge in [-0.3, -0.25) is 9.59 Å². The second kappa shape index (κ2) is 9.09. The van der Waals surface area contributed by atoms with Crippen molar-refractivity contribution in [1.82, 2.24) is 14.8 Å². The number of thiazole rings is 1. The Morgan fingerprint density at radius 2 is 1.74 bits per heavy atom. The van der Waals surface area contributed by atoms with Crippen molar-refractivity contribution < 1.29 is 23.5 Å². The molecule has 0 atom stereocenters. The molecule has 1 aliphatic heterocycles. The van der Waals surface area contributed by atoms with E-state index in [1.54, 1.807) is 53.7 Å². The number of hydrogen-bond donors (Lipinski definition) is 1. The Kier molecular flexibility index (Phi) is 6.08. The van der Waals surface area contributed by atoms with E-state index < -0.39 is 0 Å². The molecule has 2 amide bonds. The number of rotatable bonds is 6. The molecule has 0 spiro atoms. The fraction of sp³-hybridized carbons (Fsp3) is 0.286. The van der Waals surface area contributed by atoms with Crippen LogP contribution in [0.3, 0.4) is 0 Å². The predicted molar refractivity (Wildman–Crippen MR) is 115 cm³/mol. The molecule has 2 aromatic heterocycles. The summed E-state index contributed by atoms with van der Waals surface area (Å²) in [7, 11) is 3.15. The zero-order valence-corrected chi connectivity index (χ0v) is 18.0. The van der Waals surface area contributed by atoms with Gasteiger partial charge in [0, 0.05) is 43.3 Å². The lowest BCUT2D eigenvalue weighted by molar-refractivity contribution is 0.0515. The molecule has 4 rings (SSSR count). The maximum absolute atomic E-state index is 12.8. The van der Waals surface area contributed by atoms with E-state index in [0.29, 0.717) is 54.3 Å². The lowest BCUT2D eigenvalue weighted by atomic mass is 10.2. The summed E-state index contributed by atoms with van der Waals surface area (Å²) in [5.74, 6) is 1.23. The Hall–Kier alpha value is -3.53. The van der Waals surface area contributed by atoms with Crippen molar-refractivity contribution in [3.05, 3.63) is 53.4 Å². The maximum Gasteiger partial charge on any atom is 0.289 e. The zero-order chi connectivity index (χ0) is 21.8. The molecule has 3 heterocycles. The van der Waals surface area contributed by atoms with Crippen molar-refractivity contribution in [1.29, 1.82) is 0 Å². The van der Waals surface area contributed by atoms with Gasteiger partial charge < -0.3 is 29.0 Å². The topological polar surface area (TPSA) is 97.1 Å². The summed E-state index contributed by atoms with van der Waals surface area (Å²) in [5.41, 5.74) is 1.15. The first kappa shape index (κ1) is 20.7. The first-order valence-corrected chi connectivity index (χ1v) is 10.5. The number of nitrogens with one attached hydrogen (secondary N) is 1. The van der Waals surface area contributed by atoms with Gasteiger partial charge in [0.2, 0.25) is 0 Å². The van der Waals surface area contributed by atoms with Crippen LogP contribution < -0.4 is 14.8 Å². The second-order valence-corrected chi connectivity index (χ2v) is 7.65. The van der Waals surface area contributed by atoms with Gasteiger partial charge in [0.15, 0.2) is 22.4 Å². The van der Waals surface area contributed by atoms with E-state index in [1.807, 2.05) is 6.07 Å². The van der Waals surface area contributed by atoms with Gasteiger partial charge in [-0.25, -0.2) is 4.98 Å². The number of carbonyl (C=O) groups excluding carboxylic acids is 2. The quantitative estimate of drug-likeness (QED) is 0.626. The number of benzene rings is 1. The van der Waals surface area contributed by atoms with E-state index in [-0.39, 0.29) is 11.8 Å². The van der Waals surface area contributed by atoms with Crippen molar-refractivity contribution >= 4 is 34.0 Å². The first-order valence-electron chi connectivity index (χ1n) is 9.65. The minimum atomic E-state index is -0.160. The van der Waals surface area contributed by atoms with E-state index in [9.17, 15) is 9.59 Å². The Morgan fingerprint density at radius 1 is 1.03 bits per heavy atom. The minimum Gasteiger partial charge on any atom is -0.493 e. The van der Waals surface area contributed by atoms with Crippen LogP contribution in [-0.4, -0.2) is 67.0 Å². The van der Waals surface area contributed by atoms with Gasteiger partial charge in [0.1, 0.15) is 5.69 Å². The first-order chi connectivity index (χ1) is 15.1. The van der Waals surface area contributed by atoms with Gasteiger partial charge in [-0.2, -0.15) is 0 Å². The summed E-state index contributed by atoms with van der Waals surface area (Å²) in [6, 6.07) is 8.77. The molecule has 0 bridgehead atoms. The number of carbonyl (C=O) groups is 2. The number of aromatic nitrogens is 1. The third kappa shape index (κ3) is 4.48. The van der Waals surface area contributed by atoms with Crippen molar-refractivity contribution in [2.45, 2.75) is 0 Å². The molecule has 9 nitrogen and oxygen atoms in total. The van der Waals surface area contributed by atoms with E-state index in [4.69, 9.17) is 13.9 Å². The van der Waals surface area contributed by atoms with Gasteiger partial charge in [0.25, 0.3) is 11.8 Å². The summed E-state index contributed by atoms with van der Waals surface area (Å²) in [6.45, 7) is 1.79. The highest BCUT2D eigenvalue weighted by molar-refractivity contribution is 7.14. The Bertz CT molecular complexity index is 1060. The summed E-state index contributed by atoms with van der Waals surface area (Å²) in [5, 5.41) is 5.51. The number of furan rings is 1. The molecule has 1 aliphatic rings. The number of nitrogens with zero attached hydrogens (tertiary/aromatic N) is 3. The predicted octanol–water partition coefficient (Wildman–Crippen LogP) is 3.10. The van der Waals surface area contributed by atoms with Gasteiger partial charge in [-0.05, 0) is 24.3 Å². The standard InChI is InChI=1S/C21H22N4O5S/c1-28-16-6-5-14(12-18(16)29-2)22-21-23-15(13-31-21)19(26)24-7-9-25(10-8-24)20(27)17-4-3-11-30-17/h3-6,11-13H,7-10H2,1-2H3,(H,22,23). The van der Waals surface area contributed by atoms with Gasteiger partial charge in [-0.15, -0.1) is 11.3 Å². The smallest absolute Gasteiger partial charge is 0.289 e. The lowest BCUT2D eigenvalue weighted by Gasteiger charge is -2.33. The molecular formula is C21H22N4O5S. The fourth-order valence-electron chi connectivity index (χ4n) is 3.30. The number of piperazine rings is 1. The second-order valence-electron chi connectivity index (χ2n) is 6.79. The molecule has 0 unspecified atom stereocenters. The molecule has 0 saturated carbocycles. The number of ether oxygens (including phenoxy) is 2. The average Bonchev–Trinajstić information content (AvgIpc) is 3.51. The van der Waals surface area contributed by atoms with Crippen molar-refractivity contribution in [2.24, 2.45) is 0 Å². The Labute approximate surface area is 183 Å². The van der Waals surface area contributed by atoms with Crippen LogP contribution in [0.4, 0.5) is 10.8 Å². The third-order valence-corrected chi connectivity index (χ3v) is 5.70.